The Morgan fingerprint density at radius 1 is 1.19 bits per heavy atom. The fraction of sp³-hybridized carbons (Fsp3) is 0.478. The standard InChI is InChI=1S/C23H30FN3O4S/c1-3-27(4-2)32(29,30)18-12-13-20(24)19(15-18)23(28)26-22-21(11-8-14-25-22)31-16-17-9-6-5-7-10-17/h8,11-15,17H,3-7,9-10,16H2,1-2H3,(H,25,26,28). The molecule has 1 aromatic heterocycles. The Morgan fingerprint density at radius 2 is 1.91 bits per heavy atom. The first-order valence-corrected chi connectivity index (χ1v) is 12.5. The molecule has 0 atom stereocenters. The lowest BCUT2D eigenvalue weighted by atomic mass is 9.90. The maximum Gasteiger partial charge on any atom is 0.259 e. The van der Waals surface area contributed by atoms with Crippen LogP contribution in [0.5, 0.6) is 5.75 Å². The molecule has 2 aromatic rings. The van der Waals surface area contributed by atoms with Crippen LogP contribution in [0.3, 0.4) is 0 Å². The maximum atomic E-state index is 14.4. The highest BCUT2D eigenvalue weighted by molar-refractivity contribution is 7.89. The molecule has 1 fully saturated rings. The molecule has 0 spiro atoms. The molecule has 174 valence electrons. The molecule has 9 heteroatoms. The molecule has 0 aliphatic heterocycles. The number of amides is 1. The fourth-order valence-electron chi connectivity index (χ4n) is 3.89. The average molecular weight is 464 g/mol. The maximum absolute atomic E-state index is 14.4. The second kappa shape index (κ2) is 10.9. The number of hydrogen-bond donors (Lipinski definition) is 1. The fourth-order valence-corrected chi connectivity index (χ4v) is 5.37. The van der Waals surface area contributed by atoms with Crippen molar-refractivity contribution in [1.82, 2.24) is 9.29 Å². The minimum Gasteiger partial charge on any atom is -0.489 e. The van der Waals surface area contributed by atoms with Crippen molar-refractivity contribution >= 4 is 21.7 Å². The summed E-state index contributed by atoms with van der Waals surface area (Å²) >= 11 is 0. The molecule has 1 aliphatic carbocycles. The number of anilines is 1. The normalized spacial score (nSPS) is 15.0. The molecule has 7 nitrogen and oxygen atoms in total. The third kappa shape index (κ3) is 5.63. The van der Waals surface area contributed by atoms with Crippen LogP contribution in [0.15, 0.2) is 41.4 Å². The molecule has 0 radical (unpaired) electrons. The highest BCUT2D eigenvalue weighted by Gasteiger charge is 2.25. The highest BCUT2D eigenvalue weighted by Crippen LogP contribution is 2.28. The van der Waals surface area contributed by atoms with E-state index in [0.717, 1.165) is 25.0 Å². The molecule has 32 heavy (non-hydrogen) atoms. The van der Waals surface area contributed by atoms with Crippen molar-refractivity contribution < 1.29 is 22.3 Å². The van der Waals surface area contributed by atoms with Crippen LogP contribution >= 0.6 is 0 Å². The molecule has 1 heterocycles. The van der Waals surface area contributed by atoms with Crippen LogP contribution in [-0.4, -0.2) is 43.3 Å². The van der Waals surface area contributed by atoms with Crippen LogP contribution in [0, 0.1) is 11.7 Å². The van der Waals surface area contributed by atoms with Gasteiger partial charge >= 0.3 is 0 Å². The number of nitrogens with one attached hydrogen (secondary N) is 1. The summed E-state index contributed by atoms with van der Waals surface area (Å²) < 4.78 is 47.1. The molecule has 1 saturated carbocycles. The lowest BCUT2D eigenvalue weighted by Gasteiger charge is -2.22. The number of ether oxygens (including phenoxy) is 1. The minimum atomic E-state index is -3.83. The summed E-state index contributed by atoms with van der Waals surface area (Å²) in [5.74, 6) is -0.572. The van der Waals surface area contributed by atoms with Crippen molar-refractivity contribution in [2.45, 2.75) is 50.8 Å². The Hall–Kier alpha value is -2.52. The van der Waals surface area contributed by atoms with E-state index in [-0.39, 0.29) is 29.4 Å². The zero-order valence-corrected chi connectivity index (χ0v) is 19.3. The van der Waals surface area contributed by atoms with Gasteiger partial charge in [0.25, 0.3) is 5.91 Å². The Labute approximate surface area is 189 Å². The number of carbonyl (C=O) groups is 1. The van der Waals surface area contributed by atoms with E-state index in [1.165, 1.54) is 35.8 Å². The number of pyridine rings is 1. The van der Waals surface area contributed by atoms with Crippen molar-refractivity contribution in [2.75, 3.05) is 25.0 Å². The van der Waals surface area contributed by atoms with E-state index >= 15 is 0 Å². The highest BCUT2D eigenvalue weighted by atomic mass is 32.2. The molecular formula is C23H30FN3O4S. The Morgan fingerprint density at radius 3 is 2.59 bits per heavy atom. The predicted octanol–water partition coefficient (Wildman–Crippen LogP) is 4.46. The summed E-state index contributed by atoms with van der Waals surface area (Å²) in [6.45, 7) is 4.50. The van der Waals surface area contributed by atoms with Gasteiger partial charge in [-0.05, 0) is 49.1 Å². The van der Waals surface area contributed by atoms with E-state index in [9.17, 15) is 17.6 Å². The SMILES string of the molecule is CCN(CC)S(=O)(=O)c1ccc(F)c(C(=O)Nc2ncccc2OCC2CCCCC2)c1. The van der Waals surface area contributed by atoms with Gasteiger partial charge in [0.1, 0.15) is 5.82 Å². The smallest absolute Gasteiger partial charge is 0.259 e. The van der Waals surface area contributed by atoms with Crippen LogP contribution in [0.4, 0.5) is 10.2 Å². The lowest BCUT2D eigenvalue weighted by molar-refractivity contribution is 0.102. The minimum absolute atomic E-state index is 0.137. The monoisotopic (exact) mass is 463 g/mol. The van der Waals surface area contributed by atoms with Gasteiger partial charge in [-0.1, -0.05) is 33.1 Å². The van der Waals surface area contributed by atoms with Gasteiger partial charge in [-0.3, -0.25) is 4.79 Å². The first-order chi connectivity index (χ1) is 15.4. The number of benzene rings is 1. The largest absolute Gasteiger partial charge is 0.489 e. The van der Waals surface area contributed by atoms with Crippen LogP contribution in [0.25, 0.3) is 0 Å². The van der Waals surface area contributed by atoms with Gasteiger partial charge < -0.3 is 10.1 Å². The predicted molar refractivity (Wildman–Crippen MR) is 121 cm³/mol. The molecule has 1 aromatic carbocycles. The van der Waals surface area contributed by atoms with E-state index in [4.69, 9.17) is 4.74 Å². The van der Waals surface area contributed by atoms with E-state index in [1.807, 2.05) is 0 Å². The van der Waals surface area contributed by atoms with Gasteiger partial charge in [0.05, 0.1) is 17.1 Å². The lowest BCUT2D eigenvalue weighted by Crippen LogP contribution is -2.31. The van der Waals surface area contributed by atoms with Gasteiger partial charge in [0.2, 0.25) is 10.0 Å². The summed E-state index contributed by atoms with van der Waals surface area (Å²) in [5, 5.41) is 2.57. The summed E-state index contributed by atoms with van der Waals surface area (Å²) in [4.78, 5) is 16.8. The summed E-state index contributed by atoms with van der Waals surface area (Å²) in [6.07, 6.45) is 7.36. The van der Waals surface area contributed by atoms with Crippen molar-refractivity contribution in [3.05, 3.63) is 47.9 Å². The molecule has 0 bridgehead atoms. The topological polar surface area (TPSA) is 88.6 Å². The molecule has 0 unspecified atom stereocenters. The van der Waals surface area contributed by atoms with Crippen molar-refractivity contribution in [2.24, 2.45) is 5.92 Å². The van der Waals surface area contributed by atoms with Crippen molar-refractivity contribution in [1.29, 1.82) is 0 Å². The number of rotatable bonds is 9. The number of hydrogen-bond acceptors (Lipinski definition) is 5. The van der Waals surface area contributed by atoms with Crippen molar-refractivity contribution in [3.8, 4) is 5.75 Å². The molecule has 3 rings (SSSR count). The number of nitrogens with zero attached hydrogens (tertiary/aromatic N) is 2. The second-order valence-electron chi connectivity index (χ2n) is 7.85. The van der Waals surface area contributed by atoms with E-state index in [1.54, 1.807) is 26.0 Å². The summed E-state index contributed by atoms with van der Waals surface area (Å²) in [7, 11) is -3.83. The molecular weight excluding hydrogens is 433 g/mol. The van der Waals surface area contributed by atoms with E-state index in [2.05, 4.69) is 10.3 Å². The van der Waals surface area contributed by atoms with Gasteiger partial charge in [-0.15, -0.1) is 0 Å². The number of sulfonamides is 1. The van der Waals surface area contributed by atoms with Crippen LogP contribution in [0.1, 0.15) is 56.3 Å². The number of aromatic nitrogens is 1. The average Bonchev–Trinajstić information content (AvgIpc) is 2.80. The second-order valence-corrected chi connectivity index (χ2v) is 9.79. The van der Waals surface area contributed by atoms with E-state index < -0.39 is 21.7 Å². The zero-order chi connectivity index (χ0) is 23.1. The van der Waals surface area contributed by atoms with Gasteiger partial charge in [0.15, 0.2) is 11.6 Å². The summed E-state index contributed by atoms with van der Waals surface area (Å²) in [6, 6.07) is 6.61. The number of carbonyl (C=O) groups excluding carboxylic acids is 1. The number of halogens is 1. The zero-order valence-electron chi connectivity index (χ0n) is 18.5. The third-order valence-corrected chi connectivity index (χ3v) is 7.77. The molecule has 0 saturated heterocycles. The van der Waals surface area contributed by atoms with E-state index in [0.29, 0.717) is 18.3 Å². The van der Waals surface area contributed by atoms with Crippen LogP contribution in [-0.2, 0) is 10.0 Å². The first kappa shape index (κ1) is 24.1. The quantitative estimate of drug-likeness (QED) is 0.593. The first-order valence-electron chi connectivity index (χ1n) is 11.1. The van der Waals surface area contributed by atoms with Gasteiger partial charge in [0, 0.05) is 19.3 Å². The van der Waals surface area contributed by atoms with Crippen LogP contribution in [0.2, 0.25) is 0 Å². The Balaban J connectivity index is 1.79. The molecule has 1 amide bonds. The van der Waals surface area contributed by atoms with Gasteiger partial charge in [-0.25, -0.2) is 17.8 Å². The van der Waals surface area contributed by atoms with Crippen molar-refractivity contribution in [3.63, 3.8) is 0 Å². The summed E-state index contributed by atoms with van der Waals surface area (Å²) in [5.41, 5.74) is -0.373. The Bertz CT molecular complexity index is 1040. The Kier molecular flexibility index (Phi) is 8.20. The third-order valence-electron chi connectivity index (χ3n) is 5.73. The van der Waals surface area contributed by atoms with Crippen LogP contribution < -0.4 is 10.1 Å². The molecule has 1 N–H and O–H groups in total. The van der Waals surface area contributed by atoms with Gasteiger partial charge in [-0.2, -0.15) is 4.31 Å². The molecule has 1 aliphatic rings.